The van der Waals surface area contributed by atoms with Crippen LogP contribution in [0.4, 0.5) is 5.13 Å². The molecular weight excluding hydrogens is 462 g/mol. The first-order valence-electron chi connectivity index (χ1n) is 11.0. The number of benzene rings is 2. The zero-order chi connectivity index (χ0) is 22.4. The minimum absolute atomic E-state index is 0.0592. The number of aliphatic hydroxyl groups is 1. The van der Waals surface area contributed by atoms with Crippen molar-refractivity contribution in [2.45, 2.75) is 42.7 Å². The molecule has 4 heterocycles. The lowest BCUT2D eigenvalue weighted by Crippen LogP contribution is -2.58. The van der Waals surface area contributed by atoms with Crippen molar-refractivity contribution < 1.29 is 19.4 Å². The van der Waals surface area contributed by atoms with Crippen molar-refractivity contribution in [3.05, 3.63) is 69.7 Å². The number of aliphatic hydroxyl groups excluding tert-OH is 1. The fourth-order valence-electron chi connectivity index (χ4n) is 5.29. The van der Waals surface area contributed by atoms with E-state index < -0.39 is 17.4 Å². The molecule has 1 saturated carbocycles. The Bertz CT molecular complexity index is 1310. The molecule has 168 valence electrons. The molecule has 2 aromatic carbocycles. The first-order valence-corrected chi connectivity index (χ1v) is 12.2. The molecule has 0 radical (unpaired) electrons. The Balaban J connectivity index is 1.45. The predicted molar refractivity (Wildman–Crippen MR) is 123 cm³/mol. The summed E-state index contributed by atoms with van der Waals surface area (Å²) in [7, 11) is 0. The third-order valence-electron chi connectivity index (χ3n) is 7.15. The molecule has 3 atom stereocenters. The summed E-state index contributed by atoms with van der Waals surface area (Å²) < 4.78 is 12.8. The maximum atomic E-state index is 13.3. The molecule has 7 rings (SSSR count). The van der Waals surface area contributed by atoms with Crippen LogP contribution in [0.15, 0.2) is 48.7 Å². The number of nitrogens with zero attached hydrogens (tertiary/aromatic N) is 2. The number of halogens is 1. The van der Waals surface area contributed by atoms with Crippen molar-refractivity contribution in [2.75, 3.05) is 11.9 Å². The number of fused-ring (bicyclic) bond motifs is 4. The minimum Gasteiger partial charge on any atom is -0.433 e. The van der Waals surface area contributed by atoms with Crippen LogP contribution in [0.25, 0.3) is 0 Å². The number of rotatable bonds is 1. The number of hydrogen-bond acceptors (Lipinski definition) is 7. The van der Waals surface area contributed by atoms with E-state index in [0.717, 1.165) is 28.8 Å². The number of nitrogens with one attached hydrogen (secondary N) is 1. The first kappa shape index (κ1) is 19.8. The summed E-state index contributed by atoms with van der Waals surface area (Å²) in [4.78, 5) is 20.7. The van der Waals surface area contributed by atoms with Gasteiger partial charge in [-0.3, -0.25) is 4.79 Å². The van der Waals surface area contributed by atoms with Crippen LogP contribution in [0.3, 0.4) is 0 Å². The third-order valence-corrected chi connectivity index (χ3v) is 8.35. The third kappa shape index (κ3) is 2.75. The van der Waals surface area contributed by atoms with Crippen molar-refractivity contribution in [3.8, 4) is 11.5 Å². The molecule has 1 amide bonds. The Hall–Kier alpha value is -2.65. The number of hydrogen-bond donors (Lipinski definition) is 2. The Labute approximate surface area is 198 Å². The highest BCUT2D eigenvalue weighted by atomic mass is 35.5. The first-order chi connectivity index (χ1) is 16.0. The van der Waals surface area contributed by atoms with Crippen LogP contribution in [-0.4, -0.2) is 39.5 Å². The van der Waals surface area contributed by atoms with E-state index in [2.05, 4.69) is 10.3 Å². The number of ether oxygens (including phenoxy) is 2. The van der Waals surface area contributed by atoms with Crippen molar-refractivity contribution >= 4 is 34.0 Å². The number of anilines is 1. The Kier molecular flexibility index (Phi) is 4.02. The van der Waals surface area contributed by atoms with E-state index in [4.69, 9.17) is 21.1 Å². The zero-order valence-electron chi connectivity index (χ0n) is 17.5. The molecule has 33 heavy (non-hydrogen) atoms. The van der Waals surface area contributed by atoms with Gasteiger partial charge in [-0.2, -0.15) is 0 Å². The van der Waals surface area contributed by atoms with Crippen LogP contribution < -0.4 is 14.8 Å². The smallest absolute Gasteiger partial charge is 0.344 e. The van der Waals surface area contributed by atoms with Gasteiger partial charge in [-0.25, -0.2) is 9.88 Å². The van der Waals surface area contributed by atoms with E-state index in [0.29, 0.717) is 34.6 Å². The highest BCUT2D eigenvalue weighted by Gasteiger charge is 2.61. The van der Waals surface area contributed by atoms with E-state index >= 15 is 0 Å². The molecule has 3 aromatic rings. The van der Waals surface area contributed by atoms with Crippen molar-refractivity contribution in [2.24, 2.45) is 0 Å². The molecule has 1 saturated heterocycles. The largest absolute Gasteiger partial charge is 0.433 e. The maximum absolute atomic E-state index is 13.3. The SMILES string of the molecule is O=C1Nc2ncc(s2)C(c2cccc(Cl)c2)N2CC[C@@H](O)C23Oc2ccc(cc2O3)C12CC2. The van der Waals surface area contributed by atoms with Crippen LogP contribution in [-0.2, 0) is 10.2 Å². The Morgan fingerprint density at radius 2 is 2.03 bits per heavy atom. The van der Waals surface area contributed by atoms with Crippen LogP contribution in [0.5, 0.6) is 11.5 Å². The minimum atomic E-state index is -1.37. The molecule has 2 unspecified atom stereocenters. The van der Waals surface area contributed by atoms with Gasteiger partial charge < -0.3 is 19.9 Å². The lowest BCUT2D eigenvalue weighted by atomic mass is 9.94. The summed E-state index contributed by atoms with van der Waals surface area (Å²) in [6.07, 6.45) is 2.93. The van der Waals surface area contributed by atoms with Crippen LogP contribution in [0, 0.1) is 0 Å². The average Bonchev–Trinajstić information content (AvgIpc) is 3.20. The quantitative estimate of drug-likeness (QED) is 0.545. The van der Waals surface area contributed by atoms with Crippen LogP contribution >= 0.6 is 22.9 Å². The van der Waals surface area contributed by atoms with Gasteiger partial charge in [-0.15, -0.1) is 0 Å². The van der Waals surface area contributed by atoms with Crippen molar-refractivity contribution in [1.29, 1.82) is 0 Å². The maximum Gasteiger partial charge on any atom is 0.344 e. The zero-order valence-corrected chi connectivity index (χ0v) is 19.0. The van der Waals surface area contributed by atoms with Gasteiger partial charge in [-0.05, 0) is 54.7 Å². The number of carbonyl (C=O) groups is 1. The normalized spacial score (nSPS) is 28.8. The van der Waals surface area contributed by atoms with E-state index in [-0.39, 0.29) is 11.9 Å². The molecule has 9 heteroatoms. The number of aromatic nitrogens is 1. The van der Waals surface area contributed by atoms with E-state index in [9.17, 15) is 9.90 Å². The van der Waals surface area contributed by atoms with Gasteiger partial charge in [-0.1, -0.05) is 41.1 Å². The van der Waals surface area contributed by atoms with Gasteiger partial charge in [0.1, 0.15) is 6.10 Å². The van der Waals surface area contributed by atoms with Crippen LogP contribution in [0.2, 0.25) is 5.02 Å². The highest BCUT2D eigenvalue weighted by molar-refractivity contribution is 7.15. The van der Waals surface area contributed by atoms with Crippen molar-refractivity contribution in [3.63, 3.8) is 0 Å². The summed E-state index contributed by atoms with van der Waals surface area (Å²) in [6.45, 7) is 0.544. The second-order valence-electron chi connectivity index (χ2n) is 9.06. The number of amides is 1. The summed E-state index contributed by atoms with van der Waals surface area (Å²) in [5, 5.41) is 15.3. The lowest BCUT2D eigenvalue weighted by molar-refractivity contribution is -0.232. The second kappa shape index (κ2) is 6.70. The lowest BCUT2D eigenvalue weighted by Gasteiger charge is -2.39. The monoisotopic (exact) mass is 481 g/mol. The van der Waals surface area contributed by atoms with Gasteiger partial charge in [0.2, 0.25) is 5.91 Å². The van der Waals surface area contributed by atoms with Gasteiger partial charge in [0, 0.05) is 22.6 Å². The fraction of sp³-hybridized carbons (Fsp3) is 0.333. The molecule has 1 aliphatic carbocycles. The molecule has 7 nitrogen and oxygen atoms in total. The van der Waals surface area contributed by atoms with Gasteiger partial charge in [0.05, 0.1) is 11.5 Å². The topological polar surface area (TPSA) is 83.9 Å². The fourth-order valence-corrected chi connectivity index (χ4v) is 6.44. The molecule has 1 aromatic heterocycles. The molecule has 3 aliphatic heterocycles. The Morgan fingerprint density at radius 3 is 2.85 bits per heavy atom. The van der Waals surface area contributed by atoms with E-state index in [1.54, 1.807) is 6.20 Å². The molecule has 2 N–H and O–H groups in total. The summed E-state index contributed by atoms with van der Waals surface area (Å²) >= 11 is 7.77. The highest BCUT2D eigenvalue weighted by Crippen LogP contribution is 2.55. The number of carbonyl (C=O) groups excluding carboxylic acids is 1. The summed E-state index contributed by atoms with van der Waals surface area (Å²) in [5.41, 5.74) is 1.23. The Morgan fingerprint density at radius 1 is 1.18 bits per heavy atom. The second-order valence-corrected chi connectivity index (χ2v) is 10.6. The average molecular weight is 482 g/mol. The molecule has 4 aliphatic rings. The van der Waals surface area contributed by atoms with Crippen molar-refractivity contribution in [1.82, 2.24) is 9.88 Å². The molecular formula is C24H20ClN3O4S. The predicted octanol–water partition coefficient (Wildman–Crippen LogP) is 4.06. The molecule has 2 spiro atoms. The number of thiazole rings is 1. The molecule has 5 bridgehead atoms. The standard InChI is InChI=1S/C24H20ClN3O4S/c25-15-3-1-2-13(10-15)20-18-12-26-22(33-18)27-21(30)23(7-8-23)14-4-5-16-17(11-14)32-24(31-16)19(29)6-9-28(20)24/h1-5,10-12,19-20,29H,6-9H2,(H,26,27,30)/t19-,20?,24?/m1/s1. The van der Waals surface area contributed by atoms with Gasteiger partial charge in [0.25, 0.3) is 0 Å². The summed E-state index contributed by atoms with van der Waals surface area (Å²) in [5.74, 6) is -0.324. The molecule has 2 fully saturated rings. The van der Waals surface area contributed by atoms with E-state index in [1.165, 1.54) is 11.3 Å². The summed E-state index contributed by atoms with van der Waals surface area (Å²) in [6, 6.07) is 12.9. The van der Waals surface area contributed by atoms with Crippen LogP contribution in [0.1, 0.15) is 41.3 Å². The van der Waals surface area contributed by atoms with Gasteiger partial charge >= 0.3 is 5.91 Å². The van der Waals surface area contributed by atoms with E-state index in [1.807, 2.05) is 47.4 Å². The van der Waals surface area contributed by atoms with Gasteiger partial charge in [0.15, 0.2) is 16.6 Å².